The van der Waals surface area contributed by atoms with Crippen LogP contribution in [0.5, 0.6) is 0 Å². The summed E-state index contributed by atoms with van der Waals surface area (Å²) in [4.78, 5) is 5.65. The first-order chi connectivity index (χ1) is 12.2. The number of nitrogens with zero attached hydrogens (tertiary/aromatic N) is 2. The topological polar surface area (TPSA) is 39.7 Å². The Bertz CT molecular complexity index is 585. The maximum Gasteiger partial charge on any atom is 0.401 e. The third kappa shape index (κ3) is 11.6. The Kier molecular flexibility index (Phi) is 13.1. The molecule has 0 aliphatic carbocycles. The highest BCUT2D eigenvalue weighted by Gasteiger charge is 2.28. The zero-order chi connectivity index (χ0) is 19.6. The predicted octanol–water partition coefficient (Wildman–Crippen LogP) is 3.86. The minimum Gasteiger partial charge on any atom is -0.357 e. The molecule has 1 aromatic rings. The summed E-state index contributed by atoms with van der Waals surface area (Å²) in [5.74, 6) is 0.932. The summed E-state index contributed by atoms with van der Waals surface area (Å²) in [5, 5.41) is 6.08. The number of benzene rings is 1. The van der Waals surface area contributed by atoms with Gasteiger partial charge in [0.05, 0.1) is 13.1 Å². The summed E-state index contributed by atoms with van der Waals surface area (Å²) in [6, 6.07) is 4.62. The highest BCUT2D eigenvalue weighted by Crippen LogP contribution is 2.17. The third-order valence-electron chi connectivity index (χ3n) is 3.46. The lowest BCUT2D eigenvalue weighted by atomic mass is 10.1. The molecule has 1 aromatic carbocycles. The monoisotopic (exact) mass is 522 g/mol. The van der Waals surface area contributed by atoms with E-state index in [0.717, 1.165) is 11.1 Å². The normalized spacial score (nSPS) is 12.1. The van der Waals surface area contributed by atoms with Crippen molar-refractivity contribution in [2.45, 2.75) is 25.4 Å². The molecule has 1 rings (SSSR count). The van der Waals surface area contributed by atoms with E-state index in [0.29, 0.717) is 31.3 Å². The van der Waals surface area contributed by atoms with E-state index in [1.807, 2.05) is 13.2 Å². The third-order valence-corrected chi connectivity index (χ3v) is 4.05. The molecule has 0 amide bonds. The quantitative estimate of drug-likeness (QED) is 0.224. The number of alkyl halides is 3. The molecule has 0 bridgehead atoms. The van der Waals surface area contributed by atoms with Gasteiger partial charge in [-0.3, -0.25) is 4.90 Å². The van der Waals surface area contributed by atoms with E-state index < -0.39 is 12.7 Å². The first-order valence-corrected chi connectivity index (χ1v) is 9.68. The molecule has 0 radical (unpaired) electrons. The van der Waals surface area contributed by atoms with Gasteiger partial charge < -0.3 is 10.6 Å². The molecule has 0 unspecified atom stereocenters. The van der Waals surface area contributed by atoms with Crippen LogP contribution in [0.1, 0.15) is 18.1 Å². The summed E-state index contributed by atoms with van der Waals surface area (Å²) >= 11 is 1.60. The highest BCUT2D eigenvalue weighted by molar-refractivity contribution is 14.0. The number of nitrogens with one attached hydrogen (secondary N) is 2. The number of aliphatic imine (C=N–C) groups is 1. The minimum atomic E-state index is -4.20. The van der Waals surface area contributed by atoms with E-state index in [1.54, 1.807) is 17.8 Å². The Balaban J connectivity index is 0.00000676. The van der Waals surface area contributed by atoms with Gasteiger partial charge in [0.25, 0.3) is 0 Å². The number of halogens is 5. The SMILES string of the molecule is CCNC(=NCc1ccc(F)cc1CSC)NCCN(C)CC(F)(F)F.I. The van der Waals surface area contributed by atoms with E-state index in [9.17, 15) is 17.6 Å². The maximum absolute atomic E-state index is 13.4. The van der Waals surface area contributed by atoms with Crippen LogP contribution in [0.4, 0.5) is 17.6 Å². The van der Waals surface area contributed by atoms with Crippen molar-refractivity contribution in [1.82, 2.24) is 15.5 Å². The van der Waals surface area contributed by atoms with Crippen LogP contribution in [0, 0.1) is 5.82 Å². The first kappa shape index (κ1) is 26.2. The van der Waals surface area contributed by atoms with Gasteiger partial charge in [-0.05, 0) is 43.5 Å². The number of likely N-dealkylation sites (N-methyl/N-ethyl adjacent to an activating group) is 1. The fourth-order valence-electron chi connectivity index (χ4n) is 2.29. The Hall–Kier alpha value is -0.750. The van der Waals surface area contributed by atoms with E-state index in [-0.39, 0.29) is 36.3 Å². The van der Waals surface area contributed by atoms with Crippen LogP contribution in [-0.4, -0.2) is 56.5 Å². The van der Waals surface area contributed by atoms with Crippen molar-refractivity contribution in [2.75, 3.05) is 39.5 Å². The zero-order valence-corrected chi connectivity index (χ0v) is 18.8. The fourth-order valence-corrected chi connectivity index (χ4v) is 2.87. The Morgan fingerprint density at radius 2 is 1.93 bits per heavy atom. The Morgan fingerprint density at radius 3 is 2.52 bits per heavy atom. The van der Waals surface area contributed by atoms with E-state index >= 15 is 0 Å². The van der Waals surface area contributed by atoms with Crippen LogP contribution in [-0.2, 0) is 12.3 Å². The van der Waals surface area contributed by atoms with Gasteiger partial charge >= 0.3 is 6.18 Å². The number of guanidine groups is 1. The fraction of sp³-hybridized carbons (Fsp3) is 0.588. The van der Waals surface area contributed by atoms with Gasteiger partial charge in [-0.1, -0.05) is 6.07 Å². The molecule has 0 aliphatic rings. The second-order valence-corrected chi connectivity index (χ2v) is 6.69. The van der Waals surface area contributed by atoms with Crippen LogP contribution in [0.3, 0.4) is 0 Å². The lowest BCUT2D eigenvalue weighted by Crippen LogP contribution is -2.42. The molecule has 4 nitrogen and oxygen atoms in total. The van der Waals surface area contributed by atoms with Gasteiger partial charge in [-0.25, -0.2) is 9.38 Å². The second-order valence-electron chi connectivity index (χ2n) is 5.82. The zero-order valence-electron chi connectivity index (χ0n) is 15.7. The van der Waals surface area contributed by atoms with Crippen LogP contribution >= 0.6 is 35.7 Å². The summed E-state index contributed by atoms with van der Waals surface area (Å²) in [6.45, 7) is 2.52. The number of hydrogen-bond donors (Lipinski definition) is 2. The molecule has 10 heteroatoms. The van der Waals surface area contributed by atoms with Crippen molar-refractivity contribution in [3.8, 4) is 0 Å². The number of hydrogen-bond acceptors (Lipinski definition) is 3. The van der Waals surface area contributed by atoms with Crippen LogP contribution in [0.15, 0.2) is 23.2 Å². The Labute approximate surface area is 179 Å². The summed E-state index contributed by atoms with van der Waals surface area (Å²) in [6.07, 6.45) is -2.26. The summed E-state index contributed by atoms with van der Waals surface area (Å²) in [7, 11) is 1.42. The average Bonchev–Trinajstić information content (AvgIpc) is 2.52. The first-order valence-electron chi connectivity index (χ1n) is 8.29. The lowest BCUT2D eigenvalue weighted by Gasteiger charge is -2.19. The molecule has 0 fully saturated rings. The molecular formula is C17H27F4IN4S. The molecule has 0 aromatic heterocycles. The smallest absolute Gasteiger partial charge is 0.357 e. The standard InChI is InChI=1S/C17H26F4N4S.HI/c1-4-22-16(23-7-8-25(2)12-17(19,20)21)24-10-13-5-6-15(18)9-14(13)11-26-3;/h5-6,9H,4,7-8,10-12H2,1-3H3,(H2,22,23,24);1H. The van der Waals surface area contributed by atoms with Crippen molar-refractivity contribution >= 4 is 41.7 Å². The molecule has 0 saturated heterocycles. The molecule has 0 spiro atoms. The molecular weight excluding hydrogens is 495 g/mol. The van der Waals surface area contributed by atoms with Crippen LogP contribution in [0.2, 0.25) is 0 Å². The second kappa shape index (κ2) is 13.4. The van der Waals surface area contributed by atoms with Crippen molar-refractivity contribution in [2.24, 2.45) is 4.99 Å². The van der Waals surface area contributed by atoms with Crippen molar-refractivity contribution < 1.29 is 17.6 Å². The van der Waals surface area contributed by atoms with E-state index in [4.69, 9.17) is 0 Å². The van der Waals surface area contributed by atoms with Gasteiger partial charge in [0, 0.05) is 25.4 Å². The molecule has 0 saturated carbocycles. The average molecular weight is 522 g/mol. The molecule has 0 heterocycles. The van der Waals surface area contributed by atoms with Gasteiger partial charge in [-0.2, -0.15) is 24.9 Å². The maximum atomic E-state index is 13.4. The molecule has 156 valence electrons. The molecule has 2 N–H and O–H groups in total. The summed E-state index contributed by atoms with van der Waals surface area (Å²) in [5.41, 5.74) is 1.81. The van der Waals surface area contributed by atoms with Gasteiger partial charge in [0.2, 0.25) is 0 Å². The molecule has 0 atom stereocenters. The largest absolute Gasteiger partial charge is 0.401 e. The van der Waals surface area contributed by atoms with Crippen molar-refractivity contribution in [3.63, 3.8) is 0 Å². The van der Waals surface area contributed by atoms with Gasteiger partial charge in [0.15, 0.2) is 5.96 Å². The van der Waals surface area contributed by atoms with E-state index in [2.05, 4.69) is 15.6 Å². The highest BCUT2D eigenvalue weighted by atomic mass is 127. The van der Waals surface area contributed by atoms with Crippen LogP contribution in [0.25, 0.3) is 0 Å². The Morgan fingerprint density at radius 1 is 1.22 bits per heavy atom. The van der Waals surface area contributed by atoms with Crippen molar-refractivity contribution in [1.29, 1.82) is 0 Å². The number of thioether (sulfide) groups is 1. The van der Waals surface area contributed by atoms with Crippen molar-refractivity contribution in [3.05, 3.63) is 35.1 Å². The molecule has 0 aliphatic heterocycles. The minimum absolute atomic E-state index is 0. The molecule has 27 heavy (non-hydrogen) atoms. The number of rotatable bonds is 9. The lowest BCUT2D eigenvalue weighted by molar-refractivity contribution is -0.142. The van der Waals surface area contributed by atoms with Gasteiger partial charge in [0.1, 0.15) is 5.82 Å². The van der Waals surface area contributed by atoms with Gasteiger partial charge in [-0.15, -0.1) is 24.0 Å². The summed E-state index contributed by atoms with van der Waals surface area (Å²) < 4.78 is 50.4. The predicted molar refractivity (Wildman–Crippen MR) is 115 cm³/mol. The van der Waals surface area contributed by atoms with E-state index in [1.165, 1.54) is 24.1 Å². The van der Waals surface area contributed by atoms with Crippen LogP contribution < -0.4 is 10.6 Å².